The molecule has 3 aliphatic heterocycles. The average molecular weight is 479 g/mol. The van der Waals surface area contributed by atoms with Crippen LogP contribution >= 0.6 is 11.8 Å². The quantitative estimate of drug-likeness (QED) is 0.640. The zero-order valence-electron chi connectivity index (χ0n) is 19.2. The fourth-order valence-corrected chi connectivity index (χ4v) is 6.19. The SMILES string of the molecule is CSCC[C@@H]1N[C@@]2(C(=O)N(C)c3ccccc32)[C@@H]2C(=O)N(c3ccc(NC(C)=O)cc3)C(=O)[C@H]12. The van der Waals surface area contributed by atoms with Crippen molar-refractivity contribution in [1.82, 2.24) is 5.32 Å². The molecule has 2 aromatic rings. The lowest BCUT2D eigenvalue weighted by atomic mass is 9.76. The molecular weight excluding hydrogens is 452 g/mol. The predicted octanol–water partition coefficient (Wildman–Crippen LogP) is 2.35. The third-order valence-electron chi connectivity index (χ3n) is 7.08. The van der Waals surface area contributed by atoms with Gasteiger partial charge in [-0.2, -0.15) is 11.8 Å². The van der Waals surface area contributed by atoms with Crippen molar-refractivity contribution in [2.24, 2.45) is 11.8 Å². The fraction of sp³-hybridized carbons (Fsp3) is 0.360. The summed E-state index contributed by atoms with van der Waals surface area (Å²) in [5.41, 5.74) is 1.24. The van der Waals surface area contributed by atoms with Crippen LogP contribution in [0.1, 0.15) is 18.9 Å². The van der Waals surface area contributed by atoms with Crippen molar-refractivity contribution in [3.63, 3.8) is 0 Å². The first-order valence-corrected chi connectivity index (χ1v) is 12.6. The number of carbonyl (C=O) groups excluding carboxylic acids is 4. The molecule has 0 aromatic heterocycles. The van der Waals surface area contributed by atoms with Crippen molar-refractivity contribution in [1.29, 1.82) is 0 Å². The molecule has 0 aliphatic carbocycles. The summed E-state index contributed by atoms with van der Waals surface area (Å²) in [6.07, 6.45) is 2.66. The minimum Gasteiger partial charge on any atom is -0.326 e. The number of amides is 4. The van der Waals surface area contributed by atoms with Crippen molar-refractivity contribution in [3.8, 4) is 0 Å². The standard InChI is InChI=1S/C25H26N4O4S/c1-14(30)26-15-8-10-16(11-9-15)29-22(31)20-18(12-13-34-3)27-25(21(20)23(29)32)17-6-4-5-7-19(17)28(2)24(25)33/h4-11,18,20-21,27H,12-13H2,1-3H3,(H,26,30)/t18-,20+,21-,25+/m0/s1. The molecule has 2 aromatic carbocycles. The first-order chi connectivity index (χ1) is 16.3. The summed E-state index contributed by atoms with van der Waals surface area (Å²) in [7, 11) is 1.71. The highest BCUT2D eigenvalue weighted by molar-refractivity contribution is 7.98. The lowest BCUT2D eigenvalue weighted by Gasteiger charge is -2.30. The van der Waals surface area contributed by atoms with E-state index in [1.807, 2.05) is 30.5 Å². The molecule has 5 rings (SSSR count). The van der Waals surface area contributed by atoms with Crippen molar-refractivity contribution >= 4 is 52.5 Å². The van der Waals surface area contributed by atoms with Gasteiger partial charge in [0.25, 0.3) is 5.91 Å². The second-order valence-electron chi connectivity index (χ2n) is 8.97. The van der Waals surface area contributed by atoms with Crippen LogP contribution in [0.3, 0.4) is 0 Å². The van der Waals surface area contributed by atoms with Gasteiger partial charge in [0.15, 0.2) is 0 Å². The lowest BCUT2D eigenvalue weighted by molar-refractivity contribution is -0.131. The molecule has 9 heteroatoms. The van der Waals surface area contributed by atoms with Gasteiger partial charge in [-0.25, -0.2) is 4.90 Å². The summed E-state index contributed by atoms with van der Waals surface area (Å²) < 4.78 is 0. The Balaban J connectivity index is 1.59. The molecule has 0 radical (unpaired) electrons. The molecule has 2 fully saturated rings. The Bertz CT molecular complexity index is 1200. The van der Waals surface area contributed by atoms with E-state index in [4.69, 9.17) is 0 Å². The van der Waals surface area contributed by atoms with E-state index in [0.29, 0.717) is 17.8 Å². The Kier molecular flexibility index (Phi) is 5.49. The molecule has 0 unspecified atom stereocenters. The highest BCUT2D eigenvalue weighted by Crippen LogP contribution is 2.55. The second kappa shape index (κ2) is 8.25. The smallest absolute Gasteiger partial charge is 0.252 e. The third-order valence-corrected chi connectivity index (χ3v) is 7.72. The molecule has 0 saturated carbocycles. The number of rotatable bonds is 5. The van der Waals surface area contributed by atoms with Crippen molar-refractivity contribution in [2.75, 3.05) is 34.2 Å². The lowest BCUT2D eigenvalue weighted by Crippen LogP contribution is -2.54. The van der Waals surface area contributed by atoms with Gasteiger partial charge in [-0.05, 0) is 48.8 Å². The number of likely N-dealkylation sites (N-methyl/N-ethyl adjacent to an activating group) is 1. The van der Waals surface area contributed by atoms with Crippen LogP contribution in [0.5, 0.6) is 0 Å². The van der Waals surface area contributed by atoms with Crippen LogP contribution < -0.4 is 20.4 Å². The van der Waals surface area contributed by atoms with Gasteiger partial charge in [0, 0.05) is 37.0 Å². The number of hydrogen-bond donors (Lipinski definition) is 2. The van der Waals surface area contributed by atoms with E-state index in [1.54, 1.807) is 48.0 Å². The molecule has 176 valence electrons. The first-order valence-electron chi connectivity index (χ1n) is 11.2. The first kappa shape index (κ1) is 22.6. The summed E-state index contributed by atoms with van der Waals surface area (Å²) in [6, 6.07) is 13.8. The van der Waals surface area contributed by atoms with E-state index < -0.39 is 17.4 Å². The zero-order valence-corrected chi connectivity index (χ0v) is 20.0. The fourth-order valence-electron chi connectivity index (χ4n) is 5.70. The molecule has 2 N–H and O–H groups in total. The summed E-state index contributed by atoms with van der Waals surface area (Å²) in [4.78, 5) is 55.5. The Morgan fingerprint density at radius 2 is 1.79 bits per heavy atom. The van der Waals surface area contributed by atoms with Crippen molar-refractivity contribution < 1.29 is 19.2 Å². The van der Waals surface area contributed by atoms with E-state index in [9.17, 15) is 19.2 Å². The van der Waals surface area contributed by atoms with Crippen LogP contribution in [-0.2, 0) is 24.7 Å². The average Bonchev–Trinajstić information content (AvgIpc) is 3.38. The van der Waals surface area contributed by atoms with Crippen LogP contribution in [0.4, 0.5) is 17.1 Å². The van der Waals surface area contributed by atoms with Crippen molar-refractivity contribution in [3.05, 3.63) is 54.1 Å². The number of fused-ring (bicyclic) bond motifs is 4. The Morgan fingerprint density at radius 3 is 2.47 bits per heavy atom. The highest BCUT2D eigenvalue weighted by Gasteiger charge is 2.71. The maximum absolute atomic E-state index is 13.9. The van der Waals surface area contributed by atoms with E-state index in [2.05, 4.69) is 10.6 Å². The monoisotopic (exact) mass is 478 g/mol. The van der Waals surface area contributed by atoms with Crippen LogP contribution in [0.25, 0.3) is 0 Å². The largest absolute Gasteiger partial charge is 0.326 e. The van der Waals surface area contributed by atoms with Gasteiger partial charge in [-0.1, -0.05) is 18.2 Å². The van der Waals surface area contributed by atoms with Crippen LogP contribution in [0.2, 0.25) is 0 Å². The maximum Gasteiger partial charge on any atom is 0.252 e. The van der Waals surface area contributed by atoms with E-state index in [0.717, 1.165) is 17.0 Å². The number of para-hydroxylation sites is 1. The Hall–Kier alpha value is -3.17. The zero-order chi connectivity index (χ0) is 24.2. The van der Waals surface area contributed by atoms with Gasteiger partial charge in [-0.3, -0.25) is 24.5 Å². The number of hydrogen-bond acceptors (Lipinski definition) is 6. The van der Waals surface area contributed by atoms with Gasteiger partial charge in [0.05, 0.1) is 17.5 Å². The summed E-state index contributed by atoms with van der Waals surface area (Å²) in [5, 5.41) is 6.17. The number of benzene rings is 2. The maximum atomic E-state index is 13.9. The second-order valence-corrected chi connectivity index (χ2v) is 9.95. The van der Waals surface area contributed by atoms with Gasteiger partial charge in [-0.15, -0.1) is 0 Å². The van der Waals surface area contributed by atoms with Crippen molar-refractivity contribution in [2.45, 2.75) is 24.9 Å². The molecule has 3 heterocycles. The Morgan fingerprint density at radius 1 is 1.09 bits per heavy atom. The number of anilines is 3. The molecule has 8 nitrogen and oxygen atoms in total. The Labute approximate surface area is 202 Å². The summed E-state index contributed by atoms with van der Waals surface area (Å²) in [6.45, 7) is 1.41. The minimum absolute atomic E-state index is 0.206. The number of thioether (sulfide) groups is 1. The molecule has 34 heavy (non-hydrogen) atoms. The molecule has 2 saturated heterocycles. The molecule has 0 bridgehead atoms. The number of nitrogens with one attached hydrogen (secondary N) is 2. The molecule has 1 spiro atoms. The number of imide groups is 1. The topological polar surface area (TPSA) is 98.8 Å². The van der Waals surface area contributed by atoms with Crippen LogP contribution in [0, 0.1) is 11.8 Å². The van der Waals surface area contributed by atoms with Gasteiger partial charge in [0.2, 0.25) is 17.7 Å². The highest BCUT2D eigenvalue weighted by atomic mass is 32.2. The number of nitrogens with zero attached hydrogens (tertiary/aromatic N) is 2. The summed E-state index contributed by atoms with van der Waals surface area (Å²) >= 11 is 1.67. The predicted molar refractivity (Wildman–Crippen MR) is 132 cm³/mol. The normalized spacial score (nSPS) is 27.5. The van der Waals surface area contributed by atoms with Crippen LogP contribution in [-0.4, -0.2) is 48.7 Å². The van der Waals surface area contributed by atoms with Crippen LogP contribution in [0.15, 0.2) is 48.5 Å². The molecule has 4 amide bonds. The molecule has 3 aliphatic rings. The minimum atomic E-state index is -1.27. The van der Waals surface area contributed by atoms with E-state index in [1.165, 1.54) is 11.8 Å². The van der Waals surface area contributed by atoms with Gasteiger partial charge >= 0.3 is 0 Å². The van der Waals surface area contributed by atoms with Gasteiger partial charge in [0.1, 0.15) is 5.54 Å². The third kappa shape index (κ3) is 3.10. The summed E-state index contributed by atoms with van der Waals surface area (Å²) in [5.74, 6) is -1.76. The van der Waals surface area contributed by atoms with E-state index >= 15 is 0 Å². The molecule has 4 atom stereocenters. The van der Waals surface area contributed by atoms with Gasteiger partial charge < -0.3 is 10.2 Å². The number of carbonyl (C=O) groups is 4. The van der Waals surface area contributed by atoms with E-state index in [-0.39, 0.29) is 29.7 Å². The molecular formula is C25H26N4O4S.